The Labute approximate surface area is 143 Å². The van der Waals surface area contributed by atoms with Crippen LogP contribution in [0.15, 0.2) is 48.5 Å². The van der Waals surface area contributed by atoms with Crippen molar-refractivity contribution >= 4 is 23.6 Å². The average molecular weight is 342 g/mol. The summed E-state index contributed by atoms with van der Waals surface area (Å²) in [7, 11) is 0. The number of imide groups is 1. The topological polar surface area (TPSA) is 84.5 Å². The quantitative estimate of drug-likeness (QED) is 0.875. The van der Waals surface area contributed by atoms with Crippen LogP contribution in [0.25, 0.3) is 0 Å². The Morgan fingerprint density at radius 2 is 1.92 bits per heavy atom. The highest BCUT2D eigenvalue weighted by Gasteiger charge is 2.33. The van der Waals surface area contributed by atoms with Crippen LogP contribution >= 0.6 is 0 Å². The van der Waals surface area contributed by atoms with E-state index in [0.29, 0.717) is 17.7 Å². The maximum Gasteiger partial charge on any atom is 0.415 e. The van der Waals surface area contributed by atoms with Crippen LogP contribution in [0.3, 0.4) is 0 Å². The Hall–Kier alpha value is -3.22. The molecule has 3 rings (SSSR count). The van der Waals surface area contributed by atoms with E-state index >= 15 is 0 Å². The molecule has 1 aliphatic heterocycles. The van der Waals surface area contributed by atoms with Crippen LogP contribution in [-0.2, 0) is 20.7 Å². The molecule has 7 heteroatoms. The number of alkyl carbamates (subject to hydrolysis) is 1. The van der Waals surface area contributed by atoms with Crippen molar-refractivity contribution in [2.24, 2.45) is 0 Å². The molecule has 1 saturated heterocycles. The molecule has 2 aromatic rings. The van der Waals surface area contributed by atoms with Crippen molar-refractivity contribution in [3.8, 4) is 0 Å². The van der Waals surface area contributed by atoms with Gasteiger partial charge < -0.3 is 10.1 Å². The molecule has 0 saturated carbocycles. The summed E-state index contributed by atoms with van der Waals surface area (Å²) in [6, 6.07) is 12.6. The van der Waals surface area contributed by atoms with Crippen molar-refractivity contribution in [1.29, 1.82) is 0 Å². The van der Waals surface area contributed by atoms with E-state index in [4.69, 9.17) is 4.74 Å². The highest BCUT2D eigenvalue weighted by Crippen LogP contribution is 2.23. The summed E-state index contributed by atoms with van der Waals surface area (Å²) in [5, 5.41) is 4.78. The predicted octanol–water partition coefficient (Wildman–Crippen LogP) is 2.70. The van der Waals surface area contributed by atoms with Crippen molar-refractivity contribution in [1.82, 2.24) is 5.32 Å². The van der Waals surface area contributed by atoms with Crippen LogP contribution in [0.5, 0.6) is 0 Å². The minimum absolute atomic E-state index is 0.206. The number of rotatable bonds is 5. The molecule has 25 heavy (non-hydrogen) atoms. The first kappa shape index (κ1) is 16.6. The van der Waals surface area contributed by atoms with Gasteiger partial charge in [-0.3, -0.25) is 14.9 Å². The fourth-order valence-corrected chi connectivity index (χ4v) is 2.49. The van der Waals surface area contributed by atoms with Gasteiger partial charge in [0.25, 0.3) is 5.91 Å². The van der Waals surface area contributed by atoms with Gasteiger partial charge in [-0.1, -0.05) is 24.3 Å². The van der Waals surface area contributed by atoms with E-state index in [9.17, 15) is 18.8 Å². The lowest BCUT2D eigenvalue weighted by Crippen LogP contribution is -2.20. The van der Waals surface area contributed by atoms with Gasteiger partial charge in [0, 0.05) is 17.7 Å². The molecule has 0 spiro atoms. The first-order valence-electron chi connectivity index (χ1n) is 7.67. The number of hydrogen-bond donors (Lipinski definition) is 2. The molecule has 6 nitrogen and oxygen atoms in total. The summed E-state index contributed by atoms with van der Waals surface area (Å²) >= 11 is 0. The summed E-state index contributed by atoms with van der Waals surface area (Å²) in [6.07, 6.45) is -1.09. The number of nitrogens with one attached hydrogen (secondary N) is 2. The summed E-state index contributed by atoms with van der Waals surface area (Å²) in [6.45, 7) is 0. The Balaban J connectivity index is 1.55. The van der Waals surface area contributed by atoms with Gasteiger partial charge in [0.05, 0.1) is 0 Å². The number of ether oxygens (including phenoxy) is 1. The molecule has 128 valence electrons. The van der Waals surface area contributed by atoms with Gasteiger partial charge in [-0.25, -0.2) is 9.18 Å². The van der Waals surface area contributed by atoms with Crippen LogP contribution in [0, 0.1) is 5.82 Å². The second-order valence-corrected chi connectivity index (χ2v) is 5.57. The highest BCUT2D eigenvalue weighted by atomic mass is 19.1. The fraction of sp³-hybridized carbons (Fsp3) is 0.167. The molecular formula is C18H15FN2O4. The standard InChI is InChI=1S/C18H15FN2O4/c19-13-3-1-2-11(10-13)4-9-15(22)20-14-7-5-12(6-8-14)16-17(23)21-18(24)25-16/h1-3,5-8,10,16H,4,9H2,(H,20,22)(H,21,23,24). The van der Waals surface area contributed by atoms with Gasteiger partial charge in [-0.15, -0.1) is 0 Å². The summed E-state index contributed by atoms with van der Waals surface area (Å²) in [5.41, 5.74) is 1.82. The molecule has 1 unspecified atom stereocenters. The van der Waals surface area contributed by atoms with Gasteiger partial charge in [-0.05, 0) is 36.2 Å². The number of benzene rings is 2. The second-order valence-electron chi connectivity index (χ2n) is 5.57. The number of amides is 3. The zero-order valence-electron chi connectivity index (χ0n) is 13.1. The average Bonchev–Trinajstić information content (AvgIpc) is 2.92. The summed E-state index contributed by atoms with van der Waals surface area (Å²) in [4.78, 5) is 34.5. The normalized spacial score (nSPS) is 16.3. The van der Waals surface area contributed by atoms with E-state index in [2.05, 4.69) is 10.6 Å². The van der Waals surface area contributed by atoms with E-state index in [1.165, 1.54) is 12.1 Å². The number of hydrogen-bond acceptors (Lipinski definition) is 4. The van der Waals surface area contributed by atoms with Crippen LogP contribution < -0.4 is 10.6 Å². The van der Waals surface area contributed by atoms with E-state index in [-0.39, 0.29) is 18.1 Å². The number of carbonyl (C=O) groups is 3. The van der Waals surface area contributed by atoms with Gasteiger partial charge in [0.15, 0.2) is 0 Å². The van der Waals surface area contributed by atoms with Gasteiger partial charge in [0.2, 0.25) is 12.0 Å². The van der Waals surface area contributed by atoms with Crippen LogP contribution in [0.2, 0.25) is 0 Å². The Morgan fingerprint density at radius 3 is 2.56 bits per heavy atom. The zero-order valence-corrected chi connectivity index (χ0v) is 13.1. The molecule has 1 atom stereocenters. The first-order chi connectivity index (χ1) is 12.0. The molecule has 0 aromatic heterocycles. The monoisotopic (exact) mass is 342 g/mol. The highest BCUT2D eigenvalue weighted by molar-refractivity contribution is 6.00. The Morgan fingerprint density at radius 1 is 1.16 bits per heavy atom. The second kappa shape index (κ2) is 7.12. The molecule has 1 heterocycles. The number of aryl methyl sites for hydroxylation is 1. The third kappa shape index (κ3) is 4.20. The van der Waals surface area contributed by atoms with Crippen molar-refractivity contribution in [3.63, 3.8) is 0 Å². The molecule has 0 aliphatic carbocycles. The van der Waals surface area contributed by atoms with Crippen LogP contribution in [0.1, 0.15) is 23.7 Å². The van der Waals surface area contributed by atoms with Crippen molar-refractivity contribution in [2.45, 2.75) is 18.9 Å². The minimum atomic E-state index is -0.967. The van der Waals surface area contributed by atoms with Crippen molar-refractivity contribution < 1.29 is 23.5 Å². The molecular weight excluding hydrogens is 327 g/mol. The Bertz CT molecular complexity index is 820. The summed E-state index contributed by atoms with van der Waals surface area (Å²) < 4.78 is 18.0. The van der Waals surface area contributed by atoms with Gasteiger partial charge in [0.1, 0.15) is 5.82 Å². The SMILES string of the molecule is O=C(CCc1cccc(F)c1)Nc1ccc(C2OC(=O)NC2=O)cc1. The third-order valence-corrected chi connectivity index (χ3v) is 3.72. The van der Waals surface area contributed by atoms with E-state index < -0.39 is 18.1 Å². The van der Waals surface area contributed by atoms with Gasteiger partial charge >= 0.3 is 6.09 Å². The fourth-order valence-electron chi connectivity index (χ4n) is 2.49. The molecule has 1 aliphatic rings. The molecule has 1 fully saturated rings. The van der Waals surface area contributed by atoms with Crippen LogP contribution in [-0.4, -0.2) is 17.9 Å². The number of carbonyl (C=O) groups excluding carboxylic acids is 3. The largest absolute Gasteiger partial charge is 0.431 e. The third-order valence-electron chi connectivity index (χ3n) is 3.72. The first-order valence-corrected chi connectivity index (χ1v) is 7.67. The van der Waals surface area contributed by atoms with Crippen molar-refractivity contribution in [2.75, 3.05) is 5.32 Å². The molecule has 2 aromatic carbocycles. The number of halogens is 1. The lowest BCUT2D eigenvalue weighted by molar-refractivity contribution is -0.123. The maximum atomic E-state index is 13.1. The van der Waals surface area contributed by atoms with Crippen LogP contribution in [0.4, 0.5) is 14.9 Å². The van der Waals surface area contributed by atoms with Gasteiger partial charge in [-0.2, -0.15) is 0 Å². The smallest absolute Gasteiger partial charge is 0.415 e. The maximum absolute atomic E-state index is 13.1. The lowest BCUT2D eigenvalue weighted by Gasteiger charge is -2.09. The Kier molecular flexibility index (Phi) is 4.74. The molecule has 2 N–H and O–H groups in total. The predicted molar refractivity (Wildman–Crippen MR) is 87.2 cm³/mol. The molecule has 0 radical (unpaired) electrons. The van der Waals surface area contributed by atoms with E-state index in [1.807, 2.05) is 0 Å². The zero-order chi connectivity index (χ0) is 17.8. The summed E-state index contributed by atoms with van der Waals surface area (Å²) in [5.74, 6) is -1.05. The lowest BCUT2D eigenvalue weighted by atomic mass is 10.1. The van der Waals surface area contributed by atoms with E-state index in [0.717, 1.165) is 5.56 Å². The number of cyclic esters (lactones) is 1. The van der Waals surface area contributed by atoms with E-state index in [1.54, 1.807) is 36.4 Å². The molecule has 3 amide bonds. The molecule has 0 bridgehead atoms. The van der Waals surface area contributed by atoms with Crippen molar-refractivity contribution in [3.05, 3.63) is 65.5 Å². The number of anilines is 1. The minimum Gasteiger partial charge on any atom is -0.431 e.